The number of nitrogens with zero attached hydrogens (tertiary/aromatic N) is 2. The van der Waals surface area contributed by atoms with E-state index >= 15 is 0 Å². The number of hydrogen-bond donors (Lipinski definition) is 3. The molecule has 0 bridgehead atoms. The monoisotopic (exact) mass is 311 g/mol. The van der Waals surface area contributed by atoms with Gasteiger partial charge in [0, 0.05) is 31.5 Å². The molecule has 0 aliphatic heterocycles. The molecular formula is C12H17N5O3S. The first kappa shape index (κ1) is 15.3. The highest BCUT2D eigenvalue weighted by Gasteiger charge is 2.18. The molecule has 21 heavy (non-hydrogen) atoms. The summed E-state index contributed by atoms with van der Waals surface area (Å²) in [6.45, 7) is 3.36. The molecule has 2 aromatic rings. The van der Waals surface area contributed by atoms with Gasteiger partial charge in [-0.05, 0) is 18.7 Å². The Kier molecular flexibility index (Phi) is 4.43. The molecule has 2 heterocycles. The van der Waals surface area contributed by atoms with E-state index in [0.717, 1.165) is 12.2 Å². The van der Waals surface area contributed by atoms with Crippen molar-refractivity contribution < 1.29 is 8.42 Å². The molecule has 0 radical (unpaired) electrons. The van der Waals surface area contributed by atoms with Crippen molar-refractivity contribution in [2.75, 3.05) is 11.3 Å². The Hall–Kier alpha value is -2.13. The van der Waals surface area contributed by atoms with Crippen molar-refractivity contribution >= 4 is 15.8 Å². The van der Waals surface area contributed by atoms with Gasteiger partial charge in [-0.25, -0.2) is 13.5 Å². The van der Waals surface area contributed by atoms with E-state index in [1.807, 2.05) is 6.92 Å². The van der Waals surface area contributed by atoms with Crippen molar-refractivity contribution in [1.82, 2.24) is 20.1 Å². The Morgan fingerprint density at radius 3 is 2.76 bits per heavy atom. The summed E-state index contributed by atoms with van der Waals surface area (Å²) < 4.78 is 28.6. The normalized spacial score (nSPS) is 11.5. The van der Waals surface area contributed by atoms with Gasteiger partial charge in [-0.2, -0.15) is 5.10 Å². The van der Waals surface area contributed by atoms with Crippen LogP contribution in [-0.4, -0.2) is 29.7 Å². The molecule has 2 aromatic heterocycles. The quantitative estimate of drug-likeness (QED) is 0.697. The first-order valence-electron chi connectivity index (χ1n) is 6.37. The lowest BCUT2D eigenvalue weighted by Crippen LogP contribution is -2.16. The van der Waals surface area contributed by atoms with Gasteiger partial charge in [-0.1, -0.05) is 6.92 Å². The molecule has 0 saturated heterocycles. The minimum absolute atomic E-state index is 0.0617. The molecule has 0 saturated carbocycles. The van der Waals surface area contributed by atoms with E-state index in [1.165, 1.54) is 18.3 Å². The fourth-order valence-electron chi connectivity index (χ4n) is 1.75. The van der Waals surface area contributed by atoms with Crippen LogP contribution < -0.4 is 15.6 Å². The van der Waals surface area contributed by atoms with Gasteiger partial charge in [0.15, 0.2) is 5.82 Å². The minimum atomic E-state index is -3.74. The molecule has 9 heteroatoms. The molecule has 8 nitrogen and oxygen atoms in total. The maximum Gasteiger partial charge on any atom is 0.264 e. The zero-order valence-electron chi connectivity index (χ0n) is 11.8. The van der Waals surface area contributed by atoms with Gasteiger partial charge in [-0.3, -0.25) is 9.52 Å². The predicted molar refractivity (Wildman–Crippen MR) is 78.5 cm³/mol. The summed E-state index contributed by atoms with van der Waals surface area (Å²) in [5, 5.41) is 8.93. The van der Waals surface area contributed by atoms with Crippen LogP contribution in [0.1, 0.15) is 12.6 Å². The number of hydrogen-bond acceptors (Lipinski definition) is 5. The Labute approximate surface area is 122 Å². The second-order valence-corrected chi connectivity index (χ2v) is 6.15. The van der Waals surface area contributed by atoms with Crippen molar-refractivity contribution in [3.8, 4) is 0 Å². The van der Waals surface area contributed by atoms with Gasteiger partial charge in [-0.15, -0.1) is 0 Å². The average Bonchev–Trinajstić information content (AvgIpc) is 2.81. The molecule has 3 N–H and O–H groups in total. The number of aromatic amines is 1. The van der Waals surface area contributed by atoms with Crippen LogP contribution in [0.2, 0.25) is 0 Å². The molecule has 0 atom stereocenters. The molecule has 0 amide bonds. The summed E-state index contributed by atoms with van der Waals surface area (Å²) >= 11 is 0. The van der Waals surface area contributed by atoms with Gasteiger partial charge in [0.25, 0.3) is 15.6 Å². The summed E-state index contributed by atoms with van der Waals surface area (Å²) in [5.41, 5.74) is 0.456. The lowest BCUT2D eigenvalue weighted by molar-refractivity contribution is 0.600. The molecule has 0 aliphatic carbocycles. The zero-order chi connectivity index (χ0) is 15.5. The molecule has 0 spiro atoms. The molecule has 0 aliphatic rings. The van der Waals surface area contributed by atoms with Gasteiger partial charge < -0.3 is 9.88 Å². The highest BCUT2D eigenvalue weighted by atomic mass is 32.2. The first-order chi connectivity index (χ1) is 9.92. The van der Waals surface area contributed by atoms with Crippen LogP contribution in [0, 0.1) is 0 Å². The summed E-state index contributed by atoms with van der Waals surface area (Å²) in [5.74, 6) is 0.0617. The predicted octanol–water partition coefficient (Wildman–Crippen LogP) is 0.0187. The summed E-state index contributed by atoms with van der Waals surface area (Å²) in [6, 6.07) is 4.10. The largest absolute Gasteiger partial charge is 0.352 e. The highest BCUT2D eigenvalue weighted by molar-refractivity contribution is 7.92. The highest BCUT2D eigenvalue weighted by Crippen LogP contribution is 2.16. The average molecular weight is 311 g/mol. The van der Waals surface area contributed by atoms with Crippen molar-refractivity contribution in [2.24, 2.45) is 7.05 Å². The number of anilines is 1. The number of nitrogens with one attached hydrogen (secondary N) is 3. The summed E-state index contributed by atoms with van der Waals surface area (Å²) in [4.78, 5) is 11.0. The second-order valence-electron chi connectivity index (χ2n) is 4.47. The van der Waals surface area contributed by atoms with E-state index in [-0.39, 0.29) is 10.7 Å². The molecule has 0 fully saturated rings. The molecule has 114 valence electrons. The van der Waals surface area contributed by atoms with Crippen molar-refractivity contribution in [1.29, 1.82) is 0 Å². The van der Waals surface area contributed by atoms with E-state index in [9.17, 15) is 13.2 Å². The maximum absolute atomic E-state index is 12.2. The minimum Gasteiger partial charge on any atom is -0.352 e. The Balaban J connectivity index is 2.23. The van der Waals surface area contributed by atoms with Gasteiger partial charge >= 0.3 is 0 Å². The van der Waals surface area contributed by atoms with Crippen LogP contribution in [-0.2, 0) is 23.6 Å². The van der Waals surface area contributed by atoms with Crippen molar-refractivity contribution in [3.05, 3.63) is 40.4 Å². The van der Waals surface area contributed by atoms with Crippen molar-refractivity contribution in [2.45, 2.75) is 18.4 Å². The number of sulfonamides is 1. The molecular weight excluding hydrogens is 294 g/mol. The third-order valence-corrected chi connectivity index (χ3v) is 4.19. The molecule has 0 aromatic carbocycles. The number of aryl methyl sites for hydroxylation is 1. The van der Waals surface area contributed by atoms with E-state index in [4.69, 9.17) is 0 Å². The van der Waals surface area contributed by atoms with E-state index in [0.29, 0.717) is 6.54 Å². The number of rotatable bonds is 6. The van der Waals surface area contributed by atoms with Gasteiger partial charge in [0.1, 0.15) is 4.90 Å². The lowest BCUT2D eigenvalue weighted by Gasteiger charge is -2.04. The summed E-state index contributed by atoms with van der Waals surface area (Å²) in [6.07, 6.45) is 1.53. The number of aromatic nitrogens is 3. The zero-order valence-corrected chi connectivity index (χ0v) is 12.6. The fraction of sp³-hybridized carbons (Fsp3) is 0.333. The van der Waals surface area contributed by atoms with Crippen LogP contribution in [0.4, 0.5) is 5.82 Å². The van der Waals surface area contributed by atoms with Gasteiger partial charge in [0.05, 0.1) is 0 Å². The fourth-order valence-corrected chi connectivity index (χ4v) is 2.85. The van der Waals surface area contributed by atoms with E-state index < -0.39 is 15.6 Å². The van der Waals surface area contributed by atoms with E-state index in [2.05, 4.69) is 20.2 Å². The van der Waals surface area contributed by atoms with Crippen LogP contribution in [0.25, 0.3) is 0 Å². The van der Waals surface area contributed by atoms with Gasteiger partial charge in [0.2, 0.25) is 0 Å². The second kappa shape index (κ2) is 6.10. The third kappa shape index (κ3) is 3.70. The number of H-pyrrole nitrogens is 1. The van der Waals surface area contributed by atoms with Crippen LogP contribution in [0.5, 0.6) is 0 Å². The first-order valence-corrected chi connectivity index (χ1v) is 7.85. The standard InChI is InChI=1S/C12H17N5O3S/c1-3-13-7-9-6-10(8-17(9)2)21(19,20)16-11-4-5-12(18)15-14-11/h4-6,8,13H,3,7H2,1-2H3,(H,14,16)(H,15,18). The Bertz CT molecular complexity index is 758. The van der Waals surface area contributed by atoms with Crippen LogP contribution in [0.15, 0.2) is 34.1 Å². The lowest BCUT2D eigenvalue weighted by atomic mass is 10.4. The van der Waals surface area contributed by atoms with Crippen LogP contribution >= 0.6 is 0 Å². The summed E-state index contributed by atoms with van der Waals surface area (Å²) in [7, 11) is -1.95. The third-order valence-electron chi connectivity index (χ3n) is 2.87. The van der Waals surface area contributed by atoms with E-state index in [1.54, 1.807) is 17.7 Å². The molecule has 2 rings (SSSR count). The van der Waals surface area contributed by atoms with Crippen LogP contribution in [0.3, 0.4) is 0 Å². The molecule has 0 unspecified atom stereocenters. The SMILES string of the molecule is CCNCc1cc(S(=O)(=O)Nc2ccc(=O)[nH]n2)cn1C. The Morgan fingerprint density at radius 1 is 1.38 bits per heavy atom. The van der Waals surface area contributed by atoms with Crippen molar-refractivity contribution in [3.63, 3.8) is 0 Å². The maximum atomic E-state index is 12.2. The smallest absolute Gasteiger partial charge is 0.264 e. The topological polar surface area (TPSA) is 109 Å². The Morgan fingerprint density at radius 2 is 2.14 bits per heavy atom.